The standard InChI is InChI=1S/C16H8BrCl2N3O3/c17-13-7-12(22(24)25)3-4-15(13)21-16(23)10(8-20)5-9-1-2-11(18)6-14(9)19/h1-7H,(H,21,23)/b10-5-. The van der Waals surface area contributed by atoms with Crippen LogP contribution in [0, 0.1) is 21.4 Å². The lowest BCUT2D eigenvalue weighted by molar-refractivity contribution is -0.384. The number of anilines is 1. The van der Waals surface area contributed by atoms with Crippen LogP contribution in [0.5, 0.6) is 0 Å². The van der Waals surface area contributed by atoms with Crippen molar-refractivity contribution in [2.45, 2.75) is 0 Å². The van der Waals surface area contributed by atoms with Gasteiger partial charge in [0.25, 0.3) is 11.6 Å². The predicted octanol–water partition coefficient (Wildman–Crippen LogP) is 5.21. The molecular formula is C16H8BrCl2N3O3. The largest absolute Gasteiger partial charge is 0.320 e. The number of nitrogens with one attached hydrogen (secondary N) is 1. The summed E-state index contributed by atoms with van der Waals surface area (Å²) in [5, 5.41) is 23.2. The van der Waals surface area contributed by atoms with E-state index in [0.717, 1.165) is 0 Å². The number of nitrogens with zero attached hydrogens (tertiary/aromatic N) is 2. The van der Waals surface area contributed by atoms with Gasteiger partial charge in [0.05, 0.1) is 10.6 Å². The maximum absolute atomic E-state index is 12.3. The molecule has 2 aromatic rings. The zero-order valence-electron chi connectivity index (χ0n) is 12.3. The maximum Gasteiger partial charge on any atom is 0.270 e. The van der Waals surface area contributed by atoms with E-state index in [1.807, 2.05) is 0 Å². The first-order valence-corrected chi connectivity index (χ1v) is 8.19. The van der Waals surface area contributed by atoms with Gasteiger partial charge < -0.3 is 5.32 Å². The van der Waals surface area contributed by atoms with Crippen molar-refractivity contribution in [2.24, 2.45) is 0 Å². The van der Waals surface area contributed by atoms with Crippen molar-refractivity contribution in [1.82, 2.24) is 0 Å². The molecule has 0 fully saturated rings. The van der Waals surface area contributed by atoms with Gasteiger partial charge in [-0.05, 0) is 45.8 Å². The predicted molar refractivity (Wildman–Crippen MR) is 99.5 cm³/mol. The third-order valence-corrected chi connectivity index (χ3v) is 4.26. The van der Waals surface area contributed by atoms with Gasteiger partial charge in [-0.3, -0.25) is 14.9 Å². The van der Waals surface area contributed by atoms with Crippen LogP contribution < -0.4 is 5.32 Å². The van der Waals surface area contributed by atoms with Crippen molar-refractivity contribution in [3.63, 3.8) is 0 Å². The Kier molecular flexibility index (Phi) is 6.15. The molecular weight excluding hydrogens is 433 g/mol. The Morgan fingerprint density at radius 1 is 1.28 bits per heavy atom. The van der Waals surface area contributed by atoms with Gasteiger partial charge in [-0.25, -0.2) is 0 Å². The van der Waals surface area contributed by atoms with E-state index >= 15 is 0 Å². The minimum Gasteiger partial charge on any atom is -0.320 e. The molecule has 0 aliphatic rings. The third kappa shape index (κ3) is 4.79. The molecule has 1 amide bonds. The van der Waals surface area contributed by atoms with Crippen molar-refractivity contribution >= 4 is 62.5 Å². The number of rotatable bonds is 4. The Morgan fingerprint density at radius 3 is 2.56 bits per heavy atom. The summed E-state index contributed by atoms with van der Waals surface area (Å²) in [6.45, 7) is 0. The highest BCUT2D eigenvalue weighted by Gasteiger charge is 2.14. The van der Waals surface area contributed by atoms with Crippen molar-refractivity contribution < 1.29 is 9.72 Å². The van der Waals surface area contributed by atoms with Crippen LogP contribution in [-0.2, 0) is 4.79 Å². The first kappa shape index (κ1) is 18.9. The quantitative estimate of drug-likeness (QED) is 0.305. The third-order valence-electron chi connectivity index (χ3n) is 3.04. The lowest BCUT2D eigenvalue weighted by Crippen LogP contribution is -2.14. The zero-order valence-corrected chi connectivity index (χ0v) is 15.4. The number of benzene rings is 2. The summed E-state index contributed by atoms with van der Waals surface area (Å²) in [6.07, 6.45) is 1.33. The van der Waals surface area contributed by atoms with E-state index in [1.54, 1.807) is 18.2 Å². The fraction of sp³-hybridized carbons (Fsp3) is 0. The van der Waals surface area contributed by atoms with E-state index in [-0.39, 0.29) is 11.3 Å². The SMILES string of the molecule is N#C/C(=C/c1ccc(Cl)cc1Cl)C(=O)Nc1ccc([N+](=O)[O-])cc1Br. The second-order valence-corrected chi connectivity index (χ2v) is 6.41. The molecule has 0 aliphatic carbocycles. The summed E-state index contributed by atoms with van der Waals surface area (Å²) in [5.41, 5.74) is 0.433. The monoisotopic (exact) mass is 439 g/mol. The number of hydrogen-bond donors (Lipinski definition) is 1. The topological polar surface area (TPSA) is 96.0 Å². The number of nitro benzene ring substituents is 1. The minimum atomic E-state index is -0.678. The van der Waals surface area contributed by atoms with Crippen molar-refractivity contribution in [3.05, 3.63) is 72.2 Å². The molecule has 9 heteroatoms. The Morgan fingerprint density at radius 2 is 2.00 bits per heavy atom. The highest BCUT2D eigenvalue weighted by molar-refractivity contribution is 9.10. The Balaban J connectivity index is 2.28. The minimum absolute atomic E-state index is 0.131. The summed E-state index contributed by atoms with van der Waals surface area (Å²) in [5.74, 6) is -0.678. The number of non-ortho nitro benzene ring substituents is 1. The molecule has 0 heterocycles. The first-order chi connectivity index (χ1) is 11.8. The van der Waals surface area contributed by atoms with Crippen LogP contribution in [0.15, 0.2) is 46.4 Å². The summed E-state index contributed by atoms with van der Waals surface area (Å²) < 4.78 is 0.317. The van der Waals surface area contributed by atoms with E-state index in [1.165, 1.54) is 30.3 Å². The number of halogens is 3. The second kappa shape index (κ2) is 8.12. The number of amides is 1. The van der Waals surface area contributed by atoms with Crippen LogP contribution in [0.25, 0.3) is 6.08 Å². The van der Waals surface area contributed by atoms with Gasteiger partial charge in [0.15, 0.2) is 0 Å². The molecule has 0 saturated carbocycles. The van der Waals surface area contributed by atoms with Crippen LogP contribution in [0.2, 0.25) is 10.0 Å². The van der Waals surface area contributed by atoms with Crippen LogP contribution >= 0.6 is 39.1 Å². The van der Waals surface area contributed by atoms with Crippen LogP contribution in [0.4, 0.5) is 11.4 Å². The maximum atomic E-state index is 12.3. The summed E-state index contributed by atoms with van der Waals surface area (Å²) >= 11 is 15.0. The average Bonchev–Trinajstić information content (AvgIpc) is 2.55. The van der Waals surface area contributed by atoms with E-state index in [0.29, 0.717) is 25.8 Å². The molecule has 6 nitrogen and oxygen atoms in total. The zero-order chi connectivity index (χ0) is 18.6. The molecule has 0 radical (unpaired) electrons. The number of carbonyl (C=O) groups excluding carboxylic acids is 1. The number of nitro groups is 1. The summed E-state index contributed by atoms with van der Waals surface area (Å²) in [7, 11) is 0. The summed E-state index contributed by atoms with van der Waals surface area (Å²) in [6, 6.07) is 10.3. The van der Waals surface area contributed by atoms with Crippen molar-refractivity contribution in [1.29, 1.82) is 5.26 Å². The van der Waals surface area contributed by atoms with Gasteiger partial charge in [-0.2, -0.15) is 5.26 Å². The van der Waals surface area contributed by atoms with E-state index in [9.17, 15) is 20.2 Å². The molecule has 0 spiro atoms. The second-order valence-electron chi connectivity index (χ2n) is 4.71. The van der Waals surface area contributed by atoms with E-state index in [4.69, 9.17) is 23.2 Å². The lowest BCUT2D eigenvalue weighted by Gasteiger charge is -2.07. The fourth-order valence-corrected chi connectivity index (χ4v) is 2.76. The molecule has 0 aliphatic heterocycles. The van der Waals surface area contributed by atoms with Gasteiger partial charge in [0.1, 0.15) is 11.6 Å². The molecule has 1 N–H and O–H groups in total. The summed E-state index contributed by atoms with van der Waals surface area (Å²) in [4.78, 5) is 22.4. The normalized spacial score (nSPS) is 10.9. The molecule has 0 atom stereocenters. The number of hydrogen-bond acceptors (Lipinski definition) is 4. The highest BCUT2D eigenvalue weighted by Crippen LogP contribution is 2.28. The van der Waals surface area contributed by atoms with Gasteiger partial charge in [-0.15, -0.1) is 0 Å². The molecule has 0 aromatic heterocycles. The van der Waals surface area contributed by atoms with E-state index in [2.05, 4.69) is 21.2 Å². The fourth-order valence-electron chi connectivity index (χ4n) is 1.83. The van der Waals surface area contributed by atoms with Gasteiger partial charge in [0, 0.05) is 26.7 Å². The van der Waals surface area contributed by atoms with E-state index < -0.39 is 10.8 Å². The van der Waals surface area contributed by atoms with Crippen LogP contribution in [-0.4, -0.2) is 10.8 Å². The number of nitriles is 1. The van der Waals surface area contributed by atoms with Crippen molar-refractivity contribution in [2.75, 3.05) is 5.32 Å². The number of carbonyl (C=O) groups is 1. The molecule has 0 unspecified atom stereocenters. The molecule has 0 bridgehead atoms. The molecule has 2 aromatic carbocycles. The van der Waals surface area contributed by atoms with Gasteiger partial charge in [-0.1, -0.05) is 29.3 Å². The Hall–Kier alpha value is -2.40. The van der Waals surface area contributed by atoms with Crippen LogP contribution in [0.3, 0.4) is 0 Å². The smallest absolute Gasteiger partial charge is 0.270 e. The van der Waals surface area contributed by atoms with Gasteiger partial charge in [0.2, 0.25) is 0 Å². The highest BCUT2D eigenvalue weighted by atomic mass is 79.9. The molecule has 25 heavy (non-hydrogen) atoms. The Labute approximate surface area is 160 Å². The molecule has 126 valence electrons. The van der Waals surface area contributed by atoms with Crippen LogP contribution in [0.1, 0.15) is 5.56 Å². The molecule has 2 rings (SSSR count). The first-order valence-electron chi connectivity index (χ1n) is 6.64. The van der Waals surface area contributed by atoms with Gasteiger partial charge >= 0.3 is 0 Å². The Bertz CT molecular complexity index is 939. The lowest BCUT2D eigenvalue weighted by atomic mass is 10.1. The van der Waals surface area contributed by atoms with Crippen molar-refractivity contribution in [3.8, 4) is 6.07 Å². The average molecular weight is 441 g/mol. The molecule has 0 saturated heterocycles.